The molecular formula is C25H20BrClN4O3. The van der Waals surface area contributed by atoms with E-state index in [0.29, 0.717) is 27.3 Å². The van der Waals surface area contributed by atoms with Gasteiger partial charge in [0.2, 0.25) is 0 Å². The quantitative estimate of drug-likeness (QED) is 0.293. The molecule has 0 aliphatic rings. The average molecular weight is 540 g/mol. The van der Waals surface area contributed by atoms with Crippen molar-refractivity contribution in [1.29, 1.82) is 0 Å². The van der Waals surface area contributed by atoms with Gasteiger partial charge in [0, 0.05) is 26.3 Å². The van der Waals surface area contributed by atoms with E-state index in [1.54, 1.807) is 42.5 Å². The van der Waals surface area contributed by atoms with Gasteiger partial charge >= 0.3 is 11.8 Å². The summed E-state index contributed by atoms with van der Waals surface area (Å²) in [5, 5.41) is 6.51. The molecule has 0 aliphatic heterocycles. The summed E-state index contributed by atoms with van der Waals surface area (Å²) in [4.78, 5) is 38.4. The van der Waals surface area contributed by atoms with Gasteiger partial charge in [-0.15, -0.1) is 0 Å². The van der Waals surface area contributed by atoms with Crippen LogP contribution in [0.3, 0.4) is 0 Å². The number of aryl methyl sites for hydroxylation is 2. The molecule has 1 heterocycles. The predicted octanol–water partition coefficient (Wildman–Crippen LogP) is 5.64. The van der Waals surface area contributed by atoms with E-state index < -0.39 is 17.7 Å². The Labute approximate surface area is 209 Å². The molecule has 172 valence electrons. The summed E-state index contributed by atoms with van der Waals surface area (Å²) in [6.45, 7) is 3.79. The van der Waals surface area contributed by atoms with Crippen LogP contribution in [-0.2, 0) is 9.59 Å². The molecule has 0 spiro atoms. The summed E-state index contributed by atoms with van der Waals surface area (Å²) < 4.78 is 2.17. The summed E-state index contributed by atoms with van der Waals surface area (Å²) in [6, 6.07) is 19.1. The standard InChI is InChI=1S/C25H20BrClN4O3/c1-14-3-7-19(8-4-14)28-24(33)25(34)30-31-21-10-6-18(27)12-16(21)13-22(31)23(32)29-20-9-5-17(26)11-15(20)2/h3-13H,1-2H3,(H,28,33)(H,29,32)(H,30,34). The van der Waals surface area contributed by atoms with Crippen molar-refractivity contribution in [3.63, 3.8) is 0 Å². The maximum absolute atomic E-state index is 13.2. The SMILES string of the molecule is Cc1ccc(NC(=O)C(=O)Nn2c(C(=O)Nc3ccc(Br)cc3C)cc3cc(Cl)ccc32)cc1. The minimum atomic E-state index is -0.929. The van der Waals surface area contributed by atoms with Gasteiger partial charge in [-0.25, -0.2) is 4.68 Å². The zero-order chi connectivity index (χ0) is 24.4. The topological polar surface area (TPSA) is 92.2 Å². The van der Waals surface area contributed by atoms with E-state index in [2.05, 4.69) is 32.0 Å². The number of nitrogens with one attached hydrogen (secondary N) is 3. The molecular weight excluding hydrogens is 520 g/mol. The molecule has 0 radical (unpaired) electrons. The molecule has 0 atom stereocenters. The van der Waals surface area contributed by atoms with E-state index in [4.69, 9.17) is 11.6 Å². The summed E-state index contributed by atoms with van der Waals surface area (Å²) >= 11 is 9.52. The fourth-order valence-corrected chi connectivity index (χ4v) is 4.06. The average Bonchev–Trinajstić information content (AvgIpc) is 3.14. The maximum Gasteiger partial charge on any atom is 0.328 e. The van der Waals surface area contributed by atoms with Crippen LogP contribution in [0.1, 0.15) is 21.6 Å². The summed E-state index contributed by atoms with van der Waals surface area (Å²) in [7, 11) is 0. The van der Waals surface area contributed by atoms with Crippen LogP contribution < -0.4 is 16.1 Å². The fourth-order valence-electron chi connectivity index (χ4n) is 3.40. The first-order valence-electron chi connectivity index (χ1n) is 10.3. The van der Waals surface area contributed by atoms with Crippen molar-refractivity contribution in [2.24, 2.45) is 0 Å². The van der Waals surface area contributed by atoms with Gasteiger partial charge < -0.3 is 10.6 Å². The minimum absolute atomic E-state index is 0.135. The molecule has 3 aromatic carbocycles. The van der Waals surface area contributed by atoms with E-state index in [1.807, 2.05) is 38.1 Å². The van der Waals surface area contributed by atoms with E-state index in [1.165, 1.54) is 4.68 Å². The second kappa shape index (κ2) is 9.70. The first kappa shape index (κ1) is 23.5. The monoisotopic (exact) mass is 538 g/mol. The Bertz CT molecular complexity index is 1430. The number of rotatable bonds is 4. The van der Waals surface area contributed by atoms with Crippen LogP contribution >= 0.6 is 27.5 Å². The molecule has 34 heavy (non-hydrogen) atoms. The van der Waals surface area contributed by atoms with Gasteiger partial charge in [0.15, 0.2) is 0 Å². The summed E-state index contributed by atoms with van der Waals surface area (Å²) in [6.07, 6.45) is 0. The van der Waals surface area contributed by atoms with Gasteiger partial charge in [-0.2, -0.15) is 0 Å². The van der Waals surface area contributed by atoms with Crippen LogP contribution in [-0.4, -0.2) is 22.4 Å². The number of fused-ring (bicyclic) bond motifs is 1. The van der Waals surface area contributed by atoms with Crippen molar-refractivity contribution in [2.75, 3.05) is 16.1 Å². The highest BCUT2D eigenvalue weighted by atomic mass is 79.9. The van der Waals surface area contributed by atoms with Gasteiger partial charge in [0.1, 0.15) is 5.69 Å². The van der Waals surface area contributed by atoms with Crippen molar-refractivity contribution < 1.29 is 14.4 Å². The number of nitrogens with zero attached hydrogens (tertiary/aromatic N) is 1. The molecule has 4 rings (SSSR count). The number of benzene rings is 3. The Hall–Kier alpha value is -3.62. The lowest BCUT2D eigenvalue weighted by molar-refractivity contribution is -0.133. The smallest absolute Gasteiger partial charge is 0.320 e. The zero-order valence-electron chi connectivity index (χ0n) is 18.3. The van der Waals surface area contributed by atoms with E-state index in [0.717, 1.165) is 15.6 Å². The van der Waals surface area contributed by atoms with Crippen molar-refractivity contribution in [1.82, 2.24) is 4.68 Å². The largest absolute Gasteiger partial charge is 0.328 e. The lowest BCUT2D eigenvalue weighted by Gasteiger charge is -2.13. The molecule has 0 bridgehead atoms. The lowest BCUT2D eigenvalue weighted by Crippen LogP contribution is -2.36. The number of hydrogen-bond donors (Lipinski definition) is 3. The predicted molar refractivity (Wildman–Crippen MR) is 138 cm³/mol. The van der Waals surface area contributed by atoms with Crippen LogP contribution in [0.2, 0.25) is 5.02 Å². The highest BCUT2D eigenvalue weighted by Crippen LogP contribution is 2.25. The van der Waals surface area contributed by atoms with Gasteiger partial charge in [-0.05, 0) is 74.0 Å². The third-order valence-electron chi connectivity index (χ3n) is 5.16. The molecule has 0 saturated carbocycles. The Balaban J connectivity index is 1.63. The van der Waals surface area contributed by atoms with Crippen LogP contribution in [0.15, 0.2) is 71.2 Å². The van der Waals surface area contributed by atoms with E-state index in [9.17, 15) is 14.4 Å². The Morgan fingerprint density at radius 1 is 0.853 bits per heavy atom. The molecule has 3 N–H and O–H groups in total. The Morgan fingerprint density at radius 2 is 1.59 bits per heavy atom. The van der Waals surface area contributed by atoms with Crippen LogP contribution in [0.4, 0.5) is 11.4 Å². The number of carbonyl (C=O) groups is 3. The second-order valence-electron chi connectivity index (χ2n) is 7.74. The summed E-state index contributed by atoms with van der Waals surface area (Å²) in [5.74, 6) is -2.26. The molecule has 0 aliphatic carbocycles. The van der Waals surface area contributed by atoms with Crippen molar-refractivity contribution in [2.45, 2.75) is 13.8 Å². The normalized spacial score (nSPS) is 10.7. The van der Waals surface area contributed by atoms with Gasteiger partial charge in [0.25, 0.3) is 5.91 Å². The third-order valence-corrected chi connectivity index (χ3v) is 5.89. The number of carbonyl (C=O) groups excluding carboxylic acids is 3. The lowest BCUT2D eigenvalue weighted by atomic mass is 10.2. The van der Waals surface area contributed by atoms with Gasteiger partial charge in [-0.3, -0.25) is 19.8 Å². The highest BCUT2D eigenvalue weighted by Gasteiger charge is 2.21. The minimum Gasteiger partial charge on any atom is -0.320 e. The molecule has 7 nitrogen and oxygen atoms in total. The maximum atomic E-state index is 13.2. The van der Waals surface area contributed by atoms with Crippen molar-refractivity contribution >= 4 is 67.5 Å². The van der Waals surface area contributed by atoms with Crippen LogP contribution in [0, 0.1) is 13.8 Å². The molecule has 0 saturated heterocycles. The summed E-state index contributed by atoms with van der Waals surface area (Å²) in [5.41, 5.74) is 6.16. The number of anilines is 2. The molecule has 0 fully saturated rings. The fraction of sp³-hybridized carbons (Fsp3) is 0.0800. The molecule has 4 aromatic rings. The molecule has 1 aromatic heterocycles. The molecule has 3 amide bonds. The van der Waals surface area contributed by atoms with E-state index >= 15 is 0 Å². The first-order valence-corrected chi connectivity index (χ1v) is 11.5. The number of hydrogen-bond acceptors (Lipinski definition) is 3. The van der Waals surface area contributed by atoms with Gasteiger partial charge in [0.05, 0.1) is 5.52 Å². The Morgan fingerprint density at radius 3 is 2.29 bits per heavy atom. The number of amides is 3. The second-order valence-corrected chi connectivity index (χ2v) is 9.09. The third kappa shape index (κ3) is 5.13. The first-order chi connectivity index (χ1) is 16.2. The zero-order valence-corrected chi connectivity index (χ0v) is 20.6. The van der Waals surface area contributed by atoms with Crippen molar-refractivity contribution in [3.8, 4) is 0 Å². The van der Waals surface area contributed by atoms with Crippen LogP contribution in [0.5, 0.6) is 0 Å². The van der Waals surface area contributed by atoms with Crippen molar-refractivity contribution in [3.05, 3.63) is 93.0 Å². The molecule has 9 heteroatoms. The Kier molecular flexibility index (Phi) is 6.72. The number of halogens is 2. The van der Waals surface area contributed by atoms with Crippen LogP contribution in [0.25, 0.3) is 10.9 Å². The van der Waals surface area contributed by atoms with E-state index in [-0.39, 0.29) is 5.69 Å². The molecule has 0 unspecified atom stereocenters. The highest BCUT2D eigenvalue weighted by molar-refractivity contribution is 9.10. The van der Waals surface area contributed by atoms with Gasteiger partial charge in [-0.1, -0.05) is 45.2 Å². The number of aromatic nitrogens is 1.